The third kappa shape index (κ3) is 2.13. The number of carboxylic acid groups (broad SMARTS) is 1. The summed E-state index contributed by atoms with van der Waals surface area (Å²) in [5, 5.41) is 9.28. The van der Waals surface area contributed by atoms with Gasteiger partial charge >= 0.3 is 5.97 Å². The highest BCUT2D eigenvalue weighted by molar-refractivity contribution is 5.98. The van der Waals surface area contributed by atoms with Gasteiger partial charge in [-0.3, -0.25) is 0 Å². The maximum atomic E-state index is 11.3. The minimum Gasteiger partial charge on any atom is -0.478 e. The van der Waals surface area contributed by atoms with Crippen molar-refractivity contribution in [1.29, 1.82) is 0 Å². The molecular formula is C13H18N2O3. The van der Waals surface area contributed by atoms with Crippen LogP contribution in [-0.4, -0.2) is 36.4 Å². The largest absolute Gasteiger partial charge is 0.478 e. The first-order chi connectivity index (χ1) is 8.43. The Morgan fingerprint density at radius 3 is 2.83 bits per heavy atom. The topological polar surface area (TPSA) is 75.8 Å². The van der Waals surface area contributed by atoms with Crippen molar-refractivity contribution in [2.75, 3.05) is 30.4 Å². The zero-order valence-corrected chi connectivity index (χ0v) is 10.6. The van der Waals surface area contributed by atoms with E-state index in [4.69, 9.17) is 10.5 Å². The summed E-state index contributed by atoms with van der Waals surface area (Å²) in [6.45, 7) is 5.81. The lowest BCUT2D eigenvalue weighted by Crippen LogP contribution is -2.53. The lowest BCUT2D eigenvalue weighted by atomic mass is 9.99. The molecule has 1 aliphatic heterocycles. The molecule has 5 heteroatoms. The van der Waals surface area contributed by atoms with Crippen LogP contribution >= 0.6 is 0 Å². The Labute approximate surface area is 106 Å². The molecule has 3 N–H and O–H groups in total. The number of rotatable bonds is 2. The summed E-state index contributed by atoms with van der Waals surface area (Å²) in [5.41, 5.74) is 7.03. The van der Waals surface area contributed by atoms with Gasteiger partial charge < -0.3 is 20.5 Å². The van der Waals surface area contributed by atoms with E-state index in [9.17, 15) is 9.90 Å². The molecule has 1 fully saturated rings. The van der Waals surface area contributed by atoms with Crippen molar-refractivity contribution in [3.05, 3.63) is 23.8 Å². The number of para-hydroxylation sites is 1. The third-order valence-corrected chi connectivity index (χ3v) is 3.21. The zero-order chi connectivity index (χ0) is 13.3. The van der Waals surface area contributed by atoms with E-state index in [0.29, 0.717) is 31.1 Å². The zero-order valence-electron chi connectivity index (χ0n) is 10.6. The molecule has 1 saturated heterocycles. The van der Waals surface area contributed by atoms with Crippen LogP contribution in [0.1, 0.15) is 24.2 Å². The number of carbonyl (C=O) groups is 1. The molecule has 1 aliphatic rings. The molecule has 0 aromatic heterocycles. The molecule has 0 spiro atoms. The van der Waals surface area contributed by atoms with Crippen LogP contribution < -0.4 is 10.6 Å². The lowest BCUT2D eigenvalue weighted by molar-refractivity contribution is 0.0630. The fourth-order valence-electron chi connectivity index (χ4n) is 2.31. The molecule has 18 heavy (non-hydrogen) atoms. The molecule has 0 amide bonds. The Hall–Kier alpha value is -1.75. The van der Waals surface area contributed by atoms with Gasteiger partial charge in [-0.25, -0.2) is 4.79 Å². The summed E-state index contributed by atoms with van der Waals surface area (Å²) in [7, 11) is 0. The van der Waals surface area contributed by atoms with E-state index in [0.717, 1.165) is 0 Å². The van der Waals surface area contributed by atoms with E-state index >= 15 is 0 Å². The average molecular weight is 250 g/mol. The summed E-state index contributed by atoms with van der Waals surface area (Å²) in [6, 6.07) is 4.97. The van der Waals surface area contributed by atoms with Gasteiger partial charge in [0.25, 0.3) is 0 Å². The number of anilines is 2. The number of morpholine rings is 1. The number of hydrogen-bond donors (Lipinski definition) is 2. The second-order valence-electron chi connectivity index (χ2n) is 5.07. The van der Waals surface area contributed by atoms with E-state index in [1.54, 1.807) is 18.2 Å². The van der Waals surface area contributed by atoms with Crippen LogP contribution in [0, 0.1) is 0 Å². The SMILES string of the molecule is CC1(C)COCCN1c1c(N)cccc1C(=O)O. The molecular weight excluding hydrogens is 232 g/mol. The van der Waals surface area contributed by atoms with Crippen molar-refractivity contribution < 1.29 is 14.6 Å². The van der Waals surface area contributed by atoms with Crippen molar-refractivity contribution >= 4 is 17.3 Å². The normalized spacial score (nSPS) is 18.7. The van der Waals surface area contributed by atoms with Crippen LogP contribution in [0.2, 0.25) is 0 Å². The molecule has 0 atom stereocenters. The van der Waals surface area contributed by atoms with Gasteiger partial charge in [0.05, 0.1) is 35.7 Å². The van der Waals surface area contributed by atoms with Crippen molar-refractivity contribution in [3.63, 3.8) is 0 Å². The average Bonchev–Trinajstić information content (AvgIpc) is 2.29. The van der Waals surface area contributed by atoms with Gasteiger partial charge in [0.15, 0.2) is 0 Å². The van der Waals surface area contributed by atoms with Gasteiger partial charge in [-0.1, -0.05) is 6.07 Å². The smallest absolute Gasteiger partial charge is 0.337 e. The second kappa shape index (κ2) is 4.49. The summed E-state index contributed by atoms with van der Waals surface area (Å²) in [5.74, 6) is -0.959. The van der Waals surface area contributed by atoms with Gasteiger partial charge in [-0.2, -0.15) is 0 Å². The molecule has 0 saturated carbocycles. The van der Waals surface area contributed by atoms with Crippen LogP contribution in [0.5, 0.6) is 0 Å². The van der Waals surface area contributed by atoms with E-state index in [-0.39, 0.29) is 11.1 Å². The molecule has 0 radical (unpaired) electrons. The Morgan fingerprint density at radius 1 is 1.50 bits per heavy atom. The first kappa shape index (κ1) is 12.7. The van der Waals surface area contributed by atoms with Gasteiger partial charge in [0.2, 0.25) is 0 Å². The Balaban J connectivity index is 2.52. The Morgan fingerprint density at radius 2 is 2.22 bits per heavy atom. The van der Waals surface area contributed by atoms with E-state index in [2.05, 4.69) is 0 Å². The Kier molecular flexibility index (Phi) is 3.17. The van der Waals surface area contributed by atoms with Crippen molar-refractivity contribution in [2.45, 2.75) is 19.4 Å². The van der Waals surface area contributed by atoms with Gasteiger partial charge in [-0.15, -0.1) is 0 Å². The number of benzene rings is 1. The first-order valence-corrected chi connectivity index (χ1v) is 5.90. The maximum absolute atomic E-state index is 11.3. The summed E-state index contributed by atoms with van der Waals surface area (Å²) < 4.78 is 5.45. The highest BCUT2D eigenvalue weighted by atomic mass is 16.5. The minimum absolute atomic E-state index is 0.241. The number of carboxylic acids is 1. The molecule has 0 bridgehead atoms. The molecule has 1 heterocycles. The van der Waals surface area contributed by atoms with Gasteiger partial charge in [0, 0.05) is 6.54 Å². The predicted octanol–water partition coefficient (Wildman–Crippen LogP) is 1.58. The summed E-state index contributed by atoms with van der Waals surface area (Å²) in [4.78, 5) is 13.3. The van der Waals surface area contributed by atoms with Crippen LogP contribution in [-0.2, 0) is 4.74 Å². The fraction of sp³-hybridized carbons (Fsp3) is 0.462. The number of hydrogen-bond acceptors (Lipinski definition) is 4. The summed E-state index contributed by atoms with van der Waals surface area (Å²) in [6.07, 6.45) is 0. The van der Waals surface area contributed by atoms with Crippen LogP contribution in [0.3, 0.4) is 0 Å². The third-order valence-electron chi connectivity index (χ3n) is 3.21. The molecule has 0 aliphatic carbocycles. The van der Waals surface area contributed by atoms with Crippen LogP contribution in [0.4, 0.5) is 11.4 Å². The lowest BCUT2D eigenvalue weighted by Gasteiger charge is -2.44. The van der Waals surface area contributed by atoms with E-state index in [1.165, 1.54) is 0 Å². The number of nitrogens with two attached hydrogens (primary N) is 1. The quantitative estimate of drug-likeness (QED) is 0.779. The van der Waals surface area contributed by atoms with E-state index < -0.39 is 5.97 Å². The van der Waals surface area contributed by atoms with Crippen LogP contribution in [0.15, 0.2) is 18.2 Å². The standard InChI is InChI=1S/C13H18N2O3/c1-13(2)8-18-7-6-15(13)11-9(12(16)17)4-3-5-10(11)14/h3-5H,6-8,14H2,1-2H3,(H,16,17). The number of nitrogen functional groups attached to an aromatic ring is 1. The minimum atomic E-state index is -0.959. The number of aromatic carboxylic acids is 1. The maximum Gasteiger partial charge on any atom is 0.337 e. The molecule has 2 rings (SSSR count). The van der Waals surface area contributed by atoms with Gasteiger partial charge in [0.1, 0.15) is 0 Å². The Bertz CT molecular complexity index is 471. The molecule has 1 aromatic rings. The molecule has 5 nitrogen and oxygen atoms in total. The molecule has 1 aromatic carbocycles. The number of ether oxygens (including phenoxy) is 1. The highest BCUT2D eigenvalue weighted by Crippen LogP contribution is 2.34. The van der Waals surface area contributed by atoms with Crippen LogP contribution in [0.25, 0.3) is 0 Å². The first-order valence-electron chi connectivity index (χ1n) is 5.90. The summed E-state index contributed by atoms with van der Waals surface area (Å²) >= 11 is 0. The van der Waals surface area contributed by atoms with Crippen molar-refractivity contribution in [1.82, 2.24) is 0 Å². The molecule has 98 valence electrons. The number of nitrogens with zero attached hydrogens (tertiary/aromatic N) is 1. The van der Waals surface area contributed by atoms with Crippen molar-refractivity contribution in [2.24, 2.45) is 0 Å². The predicted molar refractivity (Wildman–Crippen MR) is 70.1 cm³/mol. The van der Waals surface area contributed by atoms with E-state index in [1.807, 2.05) is 18.7 Å². The monoisotopic (exact) mass is 250 g/mol. The molecule has 0 unspecified atom stereocenters. The van der Waals surface area contributed by atoms with Gasteiger partial charge in [-0.05, 0) is 26.0 Å². The highest BCUT2D eigenvalue weighted by Gasteiger charge is 2.33. The van der Waals surface area contributed by atoms with Crippen molar-refractivity contribution in [3.8, 4) is 0 Å². The fourth-order valence-corrected chi connectivity index (χ4v) is 2.31. The second-order valence-corrected chi connectivity index (χ2v) is 5.07.